The van der Waals surface area contributed by atoms with Crippen LogP contribution in [0.1, 0.15) is 0 Å². The molecule has 0 fully saturated rings. The Morgan fingerprint density at radius 2 is 1.40 bits per heavy atom. The van der Waals surface area contributed by atoms with Crippen LogP contribution in [0, 0.1) is 0 Å². The van der Waals surface area contributed by atoms with Gasteiger partial charge in [-0.05, 0) is 40.3 Å². The first kappa shape index (κ1) is 15.3. The Kier molecular flexibility index (Phi) is 3.87. The minimum absolute atomic E-state index is 0.808. The number of ether oxygens (including phenoxy) is 1. The number of hydrogen-bond acceptors (Lipinski definition) is 2. The van der Waals surface area contributed by atoms with Gasteiger partial charge in [0.15, 0.2) is 0 Å². The van der Waals surface area contributed by atoms with Crippen LogP contribution in [0.2, 0.25) is 0 Å². The van der Waals surface area contributed by atoms with E-state index in [0.717, 1.165) is 44.5 Å². The Morgan fingerprint density at radius 1 is 0.720 bits per heavy atom. The highest BCUT2D eigenvalue weighted by Crippen LogP contribution is 2.41. The summed E-state index contributed by atoms with van der Waals surface area (Å²) >= 11 is 0. The van der Waals surface area contributed by atoms with Crippen LogP contribution in [0.25, 0.3) is 33.0 Å². The minimum Gasteiger partial charge on any atom is -0.497 e. The molecule has 0 radical (unpaired) electrons. The highest BCUT2D eigenvalue weighted by molar-refractivity contribution is 6.07. The maximum atomic E-state index is 6.63. The Bertz CT molecular complexity index is 1020. The second-order valence-electron chi connectivity index (χ2n) is 6.03. The fraction of sp³-hybridized carbons (Fsp3) is 0.0435. The lowest BCUT2D eigenvalue weighted by Gasteiger charge is -2.16. The SMILES string of the molecule is COc1ccc(-c2c(-c3ccccc3)cc3ccccc3c2N)cc1. The molecular formula is C23H19NO. The number of hydrogen-bond donors (Lipinski definition) is 1. The van der Waals surface area contributed by atoms with Crippen LogP contribution < -0.4 is 10.5 Å². The normalized spacial score (nSPS) is 10.8. The predicted molar refractivity (Wildman–Crippen MR) is 106 cm³/mol. The van der Waals surface area contributed by atoms with Crippen LogP contribution >= 0.6 is 0 Å². The maximum Gasteiger partial charge on any atom is 0.118 e. The van der Waals surface area contributed by atoms with Gasteiger partial charge in [-0.1, -0.05) is 66.7 Å². The van der Waals surface area contributed by atoms with Crippen molar-refractivity contribution in [1.82, 2.24) is 0 Å². The van der Waals surface area contributed by atoms with Crippen molar-refractivity contribution in [3.8, 4) is 28.0 Å². The molecule has 0 aliphatic heterocycles. The molecule has 2 heteroatoms. The summed E-state index contributed by atoms with van der Waals surface area (Å²) in [5.41, 5.74) is 11.9. The van der Waals surface area contributed by atoms with Gasteiger partial charge >= 0.3 is 0 Å². The van der Waals surface area contributed by atoms with E-state index in [1.165, 1.54) is 0 Å². The summed E-state index contributed by atoms with van der Waals surface area (Å²) in [6.45, 7) is 0. The Morgan fingerprint density at radius 3 is 2.12 bits per heavy atom. The van der Waals surface area contributed by atoms with E-state index in [1.807, 2.05) is 30.3 Å². The van der Waals surface area contributed by atoms with Crippen LogP contribution in [0.4, 0.5) is 5.69 Å². The zero-order valence-corrected chi connectivity index (χ0v) is 14.1. The highest BCUT2D eigenvalue weighted by atomic mass is 16.5. The van der Waals surface area contributed by atoms with Crippen molar-refractivity contribution in [1.29, 1.82) is 0 Å². The van der Waals surface area contributed by atoms with Crippen molar-refractivity contribution in [2.24, 2.45) is 0 Å². The fourth-order valence-electron chi connectivity index (χ4n) is 3.29. The second-order valence-corrected chi connectivity index (χ2v) is 6.03. The average Bonchev–Trinajstić information content (AvgIpc) is 2.69. The summed E-state index contributed by atoms with van der Waals surface area (Å²) in [4.78, 5) is 0. The first-order valence-electron chi connectivity index (χ1n) is 8.29. The summed E-state index contributed by atoms with van der Waals surface area (Å²) < 4.78 is 5.29. The lowest BCUT2D eigenvalue weighted by atomic mass is 9.89. The molecular weight excluding hydrogens is 306 g/mol. The first-order chi connectivity index (χ1) is 12.3. The van der Waals surface area contributed by atoms with Crippen LogP contribution in [0.15, 0.2) is 84.9 Å². The molecule has 0 aliphatic carbocycles. The summed E-state index contributed by atoms with van der Waals surface area (Å²) in [6, 6.07) is 28.9. The van der Waals surface area contributed by atoms with Crippen LogP contribution in [0.3, 0.4) is 0 Å². The van der Waals surface area contributed by atoms with E-state index >= 15 is 0 Å². The van der Waals surface area contributed by atoms with Crippen molar-refractivity contribution in [3.05, 3.63) is 84.9 Å². The monoisotopic (exact) mass is 325 g/mol. The van der Waals surface area contributed by atoms with Crippen molar-refractivity contribution in [3.63, 3.8) is 0 Å². The zero-order valence-electron chi connectivity index (χ0n) is 14.1. The van der Waals surface area contributed by atoms with E-state index in [-0.39, 0.29) is 0 Å². The summed E-state index contributed by atoms with van der Waals surface area (Å²) in [6.07, 6.45) is 0. The molecule has 0 atom stereocenters. The fourth-order valence-corrected chi connectivity index (χ4v) is 3.29. The van der Waals surface area contributed by atoms with Crippen molar-refractivity contribution in [2.45, 2.75) is 0 Å². The lowest BCUT2D eigenvalue weighted by Crippen LogP contribution is -1.96. The van der Waals surface area contributed by atoms with Gasteiger partial charge in [0.25, 0.3) is 0 Å². The lowest BCUT2D eigenvalue weighted by molar-refractivity contribution is 0.415. The number of rotatable bonds is 3. The molecule has 4 rings (SSSR count). The molecule has 0 unspecified atom stereocenters. The zero-order chi connectivity index (χ0) is 17.2. The number of fused-ring (bicyclic) bond motifs is 1. The molecule has 25 heavy (non-hydrogen) atoms. The van der Waals surface area contributed by atoms with E-state index < -0.39 is 0 Å². The number of benzene rings is 4. The average molecular weight is 325 g/mol. The molecule has 2 N–H and O–H groups in total. The van der Waals surface area contributed by atoms with E-state index in [0.29, 0.717) is 0 Å². The standard InChI is InChI=1S/C23H19NO/c1-25-19-13-11-17(12-14-19)22-21(16-7-3-2-4-8-16)15-18-9-5-6-10-20(18)23(22)24/h2-15H,24H2,1H3. The van der Waals surface area contributed by atoms with E-state index in [4.69, 9.17) is 10.5 Å². The van der Waals surface area contributed by atoms with Crippen LogP contribution in [-0.4, -0.2) is 7.11 Å². The largest absolute Gasteiger partial charge is 0.497 e. The molecule has 0 spiro atoms. The molecule has 4 aromatic rings. The molecule has 0 heterocycles. The maximum absolute atomic E-state index is 6.63. The molecule has 0 aromatic heterocycles. The smallest absolute Gasteiger partial charge is 0.118 e. The van der Waals surface area contributed by atoms with E-state index in [9.17, 15) is 0 Å². The second kappa shape index (κ2) is 6.33. The van der Waals surface area contributed by atoms with Gasteiger partial charge < -0.3 is 10.5 Å². The third-order valence-corrected chi connectivity index (χ3v) is 4.55. The van der Waals surface area contributed by atoms with Gasteiger partial charge in [-0.15, -0.1) is 0 Å². The van der Waals surface area contributed by atoms with Gasteiger partial charge in [-0.3, -0.25) is 0 Å². The van der Waals surface area contributed by atoms with Gasteiger partial charge in [0.2, 0.25) is 0 Å². The Hall–Kier alpha value is -3.26. The van der Waals surface area contributed by atoms with Crippen molar-refractivity contribution < 1.29 is 4.74 Å². The summed E-state index contributed by atoms with van der Waals surface area (Å²) in [7, 11) is 1.68. The number of methoxy groups -OCH3 is 1. The molecule has 0 aliphatic rings. The topological polar surface area (TPSA) is 35.2 Å². The predicted octanol–water partition coefficient (Wildman–Crippen LogP) is 5.76. The van der Waals surface area contributed by atoms with Gasteiger partial charge in [-0.2, -0.15) is 0 Å². The quantitative estimate of drug-likeness (QED) is 0.486. The van der Waals surface area contributed by atoms with Crippen LogP contribution in [0.5, 0.6) is 5.75 Å². The molecule has 2 nitrogen and oxygen atoms in total. The van der Waals surface area contributed by atoms with Crippen molar-refractivity contribution in [2.75, 3.05) is 12.8 Å². The molecule has 4 aromatic carbocycles. The Labute approximate surface area is 147 Å². The first-order valence-corrected chi connectivity index (χ1v) is 8.29. The minimum atomic E-state index is 0.808. The molecule has 122 valence electrons. The van der Waals surface area contributed by atoms with Crippen molar-refractivity contribution >= 4 is 16.5 Å². The Balaban J connectivity index is 2.04. The third-order valence-electron chi connectivity index (χ3n) is 4.55. The van der Waals surface area contributed by atoms with E-state index in [1.54, 1.807) is 7.11 Å². The van der Waals surface area contributed by atoms with Crippen LogP contribution in [-0.2, 0) is 0 Å². The number of nitrogen functional groups attached to an aromatic ring is 1. The van der Waals surface area contributed by atoms with Gasteiger partial charge in [0, 0.05) is 16.6 Å². The molecule has 0 saturated heterocycles. The molecule has 0 amide bonds. The van der Waals surface area contributed by atoms with Gasteiger partial charge in [0.1, 0.15) is 5.75 Å². The van der Waals surface area contributed by atoms with Gasteiger partial charge in [-0.25, -0.2) is 0 Å². The highest BCUT2D eigenvalue weighted by Gasteiger charge is 2.14. The summed E-state index contributed by atoms with van der Waals surface area (Å²) in [5, 5.41) is 2.23. The third kappa shape index (κ3) is 2.72. The van der Waals surface area contributed by atoms with Gasteiger partial charge in [0.05, 0.1) is 7.11 Å². The number of anilines is 1. The molecule has 0 saturated carbocycles. The number of nitrogens with two attached hydrogens (primary N) is 1. The summed E-state index contributed by atoms with van der Waals surface area (Å²) in [5.74, 6) is 0.837. The van der Waals surface area contributed by atoms with E-state index in [2.05, 4.69) is 54.6 Å². The molecule has 0 bridgehead atoms.